The van der Waals surface area contributed by atoms with Gasteiger partial charge in [-0.05, 0) is 37.3 Å². The van der Waals surface area contributed by atoms with E-state index in [0.717, 1.165) is 38.4 Å². The summed E-state index contributed by atoms with van der Waals surface area (Å²) in [6.07, 6.45) is 5.76. The van der Waals surface area contributed by atoms with Gasteiger partial charge in [-0.25, -0.2) is 4.79 Å². The summed E-state index contributed by atoms with van der Waals surface area (Å²) in [5, 5.41) is 8.53. The van der Waals surface area contributed by atoms with Crippen LogP contribution in [-0.2, 0) is 18.4 Å². The number of urea groups is 1. The molecule has 2 aliphatic rings. The number of aliphatic imine (C=N–C) groups is 1. The quantitative estimate of drug-likeness (QED) is 0.420. The molecule has 2 saturated heterocycles. The van der Waals surface area contributed by atoms with Crippen molar-refractivity contribution < 1.29 is 9.59 Å². The first-order valence-electron chi connectivity index (χ1n) is 8.62. The number of piperidine rings is 1. The Bertz CT molecular complexity index is 689. The zero-order valence-corrected chi connectivity index (χ0v) is 15.0. The van der Waals surface area contributed by atoms with Crippen molar-refractivity contribution >= 4 is 17.9 Å². The molecule has 3 amide bonds. The van der Waals surface area contributed by atoms with Gasteiger partial charge in [-0.15, -0.1) is 0 Å². The van der Waals surface area contributed by atoms with Gasteiger partial charge in [-0.1, -0.05) is 0 Å². The molecule has 1 atom stereocenters. The fraction of sp³-hybridized carbons (Fsp3) is 0.588. The van der Waals surface area contributed by atoms with Crippen LogP contribution in [-0.4, -0.2) is 53.0 Å². The lowest BCUT2D eigenvalue weighted by atomic mass is 9.79. The molecule has 0 spiro atoms. The van der Waals surface area contributed by atoms with Crippen molar-refractivity contribution in [1.82, 2.24) is 25.4 Å². The van der Waals surface area contributed by atoms with E-state index in [1.54, 1.807) is 7.05 Å². The number of carbonyl (C=O) groups is 2. The number of carbonyl (C=O) groups excluding carboxylic acids is 2. The average molecular weight is 346 g/mol. The van der Waals surface area contributed by atoms with Crippen molar-refractivity contribution in [1.29, 1.82) is 0 Å². The van der Waals surface area contributed by atoms with Crippen LogP contribution in [0.3, 0.4) is 0 Å². The number of hydrogen-bond acceptors (Lipinski definition) is 3. The van der Waals surface area contributed by atoms with Crippen molar-refractivity contribution in [2.24, 2.45) is 18.0 Å². The maximum Gasteiger partial charge on any atom is 0.322 e. The summed E-state index contributed by atoms with van der Waals surface area (Å²) in [5.41, 5.74) is 0.404. The van der Waals surface area contributed by atoms with E-state index in [1.807, 2.05) is 24.7 Å². The molecule has 0 aliphatic carbocycles. The zero-order valence-electron chi connectivity index (χ0n) is 15.0. The summed E-state index contributed by atoms with van der Waals surface area (Å²) in [6.45, 7) is 4.15. The lowest BCUT2D eigenvalue weighted by Gasteiger charge is -2.39. The van der Waals surface area contributed by atoms with Gasteiger partial charge in [0.05, 0.1) is 0 Å². The Kier molecular flexibility index (Phi) is 4.69. The van der Waals surface area contributed by atoms with E-state index in [4.69, 9.17) is 0 Å². The Morgan fingerprint density at radius 2 is 2.12 bits per heavy atom. The minimum absolute atomic E-state index is 0.127. The minimum Gasteiger partial charge on any atom is -0.357 e. The second-order valence-corrected chi connectivity index (χ2v) is 6.96. The third-order valence-corrected chi connectivity index (χ3v) is 5.24. The van der Waals surface area contributed by atoms with Crippen LogP contribution >= 0.6 is 0 Å². The van der Waals surface area contributed by atoms with Crippen LogP contribution in [0.15, 0.2) is 23.5 Å². The fourth-order valence-electron chi connectivity index (χ4n) is 3.69. The highest BCUT2D eigenvalue weighted by atomic mass is 16.2. The average Bonchev–Trinajstić information content (AvgIpc) is 3.12. The summed E-state index contributed by atoms with van der Waals surface area (Å²) in [7, 11) is 3.78. The maximum atomic E-state index is 12.1. The van der Waals surface area contributed by atoms with E-state index in [9.17, 15) is 9.59 Å². The summed E-state index contributed by atoms with van der Waals surface area (Å²) >= 11 is 0. The molecule has 0 radical (unpaired) electrons. The molecule has 8 nitrogen and oxygen atoms in total. The number of guanidine groups is 1. The number of amides is 3. The second kappa shape index (κ2) is 6.78. The molecule has 1 aromatic rings. The molecule has 0 aromatic carbocycles. The van der Waals surface area contributed by atoms with Gasteiger partial charge in [0.2, 0.25) is 0 Å². The van der Waals surface area contributed by atoms with Crippen LogP contribution in [0.4, 0.5) is 4.79 Å². The molecule has 136 valence electrons. The van der Waals surface area contributed by atoms with Gasteiger partial charge in [-0.2, -0.15) is 0 Å². The van der Waals surface area contributed by atoms with Gasteiger partial charge >= 0.3 is 6.03 Å². The third kappa shape index (κ3) is 3.47. The van der Waals surface area contributed by atoms with Crippen molar-refractivity contribution in [2.45, 2.75) is 31.8 Å². The number of aryl methyl sites for hydroxylation is 1. The molecule has 3 heterocycles. The Labute approximate surface area is 147 Å². The van der Waals surface area contributed by atoms with Crippen molar-refractivity contribution in [3.8, 4) is 0 Å². The first kappa shape index (κ1) is 17.3. The molecule has 8 heteroatoms. The largest absolute Gasteiger partial charge is 0.357 e. The summed E-state index contributed by atoms with van der Waals surface area (Å²) in [4.78, 5) is 30.1. The predicted octanol–water partition coefficient (Wildman–Crippen LogP) is 0.411. The minimum atomic E-state index is -0.801. The lowest BCUT2D eigenvalue weighted by Crippen LogP contribution is -2.55. The molecule has 0 saturated carbocycles. The summed E-state index contributed by atoms with van der Waals surface area (Å²) < 4.78 is 2.02. The monoisotopic (exact) mass is 346 g/mol. The maximum absolute atomic E-state index is 12.1. The first-order chi connectivity index (χ1) is 11.9. The van der Waals surface area contributed by atoms with Gasteiger partial charge in [0.25, 0.3) is 5.91 Å². The van der Waals surface area contributed by atoms with Crippen molar-refractivity contribution in [3.05, 3.63) is 24.0 Å². The standard InChI is InChI=1S/C17H26N6O2/c1-17(14(24)20-16(25)21-17)13-5-8-23(9-6-13)15(18-2)19-10-12-4-7-22(3)11-12/h4,7,11,13H,5-6,8-10H2,1-3H3,(H,18,19)(H2,20,21,24,25). The fourth-order valence-corrected chi connectivity index (χ4v) is 3.69. The van der Waals surface area contributed by atoms with E-state index in [-0.39, 0.29) is 11.8 Å². The van der Waals surface area contributed by atoms with E-state index >= 15 is 0 Å². The molecule has 2 fully saturated rings. The molecule has 3 rings (SSSR count). The Balaban J connectivity index is 1.55. The van der Waals surface area contributed by atoms with Gasteiger partial charge in [0.15, 0.2) is 5.96 Å². The van der Waals surface area contributed by atoms with Crippen LogP contribution in [0.5, 0.6) is 0 Å². The highest BCUT2D eigenvalue weighted by molar-refractivity contribution is 6.07. The molecule has 1 unspecified atom stereocenters. The van der Waals surface area contributed by atoms with Gasteiger partial charge in [0, 0.05) is 46.1 Å². The van der Waals surface area contributed by atoms with Crippen molar-refractivity contribution in [3.63, 3.8) is 0 Å². The molecule has 1 aromatic heterocycles. The topological polar surface area (TPSA) is 90.8 Å². The zero-order chi connectivity index (χ0) is 18.0. The molecule has 25 heavy (non-hydrogen) atoms. The highest BCUT2D eigenvalue weighted by Gasteiger charge is 2.48. The van der Waals surface area contributed by atoms with E-state index in [0.29, 0.717) is 0 Å². The lowest BCUT2D eigenvalue weighted by molar-refractivity contribution is -0.125. The van der Waals surface area contributed by atoms with Crippen LogP contribution in [0, 0.1) is 5.92 Å². The summed E-state index contributed by atoms with van der Waals surface area (Å²) in [6, 6.07) is 1.68. The van der Waals surface area contributed by atoms with Gasteiger partial charge in [0.1, 0.15) is 5.54 Å². The van der Waals surface area contributed by atoms with Crippen LogP contribution in [0.1, 0.15) is 25.3 Å². The smallest absolute Gasteiger partial charge is 0.322 e. The second-order valence-electron chi connectivity index (χ2n) is 6.96. The number of nitrogens with zero attached hydrogens (tertiary/aromatic N) is 3. The number of nitrogens with one attached hydrogen (secondary N) is 3. The molecule has 0 bridgehead atoms. The Morgan fingerprint density at radius 3 is 2.64 bits per heavy atom. The van der Waals surface area contributed by atoms with Crippen molar-refractivity contribution in [2.75, 3.05) is 20.1 Å². The van der Waals surface area contributed by atoms with Crippen LogP contribution < -0.4 is 16.0 Å². The Morgan fingerprint density at radius 1 is 1.40 bits per heavy atom. The number of hydrogen-bond donors (Lipinski definition) is 3. The highest BCUT2D eigenvalue weighted by Crippen LogP contribution is 2.30. The third-order valence-electron chi connectivity index (χ3n) is 5.24. The normalized spacial score (nSPS) is 25.1. The number of aromatic nitrogens is 1. The SMILES string of the molecule is CN=C(NCc1ccn(C)c1)N1CCC(C2(C)NC(=O)NC2=O)CC1. The number of rotatable bonds is 3. The number of imide groups is 1. The van der Waals surface area contributed by atoms with E-state index in [2.05, 4.69) is 38.1 Å². The van der Waals surface area contributed by atoms with Gasteiger partial charge in [-0.3, -0.25) is 15.1 Å². The molecular weight excluding hydrogens is 320 g/mol. The Hall–Kier alpha value is -2.51. The van der Waals surface area contributed by atoms with Crippen LogP contribution in [0.25, 0.3) is 0 Å². The first-order valence-corrected chi connectivity index (χ1v) is 8.62. The van der Waals surface area contributed by atoms with E-state index < -0.39 is 11.6 Å². The predicted molar refractivity (Wildman–Crippen MR) is 95.0 cm³/mol. The molecule has 3 N–H and O–H groups in total. The summed E-state index contributed by atoms with van der Waals surface area (Å²) in [5.74, 6) is 0.775. The molecule has 2 aliphatic heterocycles. The molecular formula is C17H26N6O2. The van der Waals surface area contributed by atoms with Gasteiger partial charge < -0.3 is 20.1 Å². The van der Waals surface area contributed by atoms with E-state index in [1.165, 1.54) is 5.56 Å². The number of likely N-dealkylation sites (tertiary alicyclic amines) is 1. The van der Waals surface area contributed by atoms with Crippen LogP contribution in [0.2, 0.25) is 0 Å².